The first kappa shape index (κ1) is 19.8. The number of hydrogen-bond acceptors (Lipinski definition) is 4. The molecule has 1 aliphatic rings. The number of carboxylic acid groups (broad SMARTS) is 1. The molecule has 2 atom stereocenters. The minimum atomic E-state index is -0.746. The standard InChI is InChI=1S/C21H25ClN2O3/c1-2-19(21(25)26)24-13-10-17(11-14-24)27-20(18-5-3-4-12-23-18)15-6-8-16(22)9-7-15/h3-9,12,17,19-20H,2,10-11,13-14H2,1H3,(H,25,26)/t19?,20-/m0/s1. The van der Waals surface area contributed by atoms with Crippen LogP contribution in [0.5, 0.6) is 0 Å². The zero-order valence-corrected chi connectivity index (χ0v) is 16.2. The number of carboxylic acids is 1. The van der Waals surface area contributed by atoms with Crippen LogP contribution in [0, 0.1) is 0 Å². The number of rotatable bonds is 7. The van der Waals surface area contributed by atoms with E-state index in [-0.39, 0.29) is 12.2 Å². The van der Waals surface area contributed by atoms with Crippen LogP contribution in [-0.4, -0.2) is 46.2 Å². The van der Waals surface area contributed by atoms with Crippen molar-refractivity contribution in [1.29, 1.82) is 0 Å². The maximum absolute atomic E-state index is 11.4. The van der Waals surface area contributed by atoms with Gasteiger partial charge >= 0.3 is 5.97 Å². The molecule has 6 heteroatoms. The summed E-state index contributed by atoms with van der Waals surface area (Å²) in [6.45, 7) is 3.37. The molecule has 1 saturated heterocycles. The molecule has 3 rings (SSSR count). The Balaban J connectivity index is 1.70. The normalized spacial score (nSPS) is 18.1. The molecule has 2 aromatic rings. The summed E-state index contributed by atoms with van der Waals surface area (Å²) in [4.78, 5) is 17.9. The van der Waals surface area contributed by atoms with Gasteiger partial charge in [0.1, 0.15) is 12.1 Å². The average molecular weight is 389 g/mol. The largest absolute Gasteiger partial charge is 0.480 e. The summed E-state index contributed by atoms with van der Waals surface area (Å²) in [5.74, 6) is -0.746. The summed E-state index contributed by atoms with van der Waals surface area (Å²) >= 11 is 6.03. The van der Waals surface area contributed by atoms with Crippen LogP contribution in [0.4, 0.5) is 0 Å². The van der Waals surface area contributed by atoms with Gasteiger partial charge in [-0.15, -0.1) is 0 Å². The van der Waals surface area contributed by atoms with Crippen LogP contribution in [0.1, 0.15) is 43.5 Å². The topological polar surface area (TPSA) is 62.7 Å². The van der Waals surface area contributed by atoms with Crippen molar-refractivity contribution in [2.45, 2.75) is 44.4 Å². The van der Waals surface area contributed by atoms with E-state index < -0.39 is 12.0 Å². The van der Waals surface area contributed by atoms with Crippen LogP contribution < -0.4 is 0 Å². The lowest BCUT2D eigenvalue weighted by molar-refractivity contribution is -0.144. The highest BCUT2D eigenvalue weighted by atomic mass is 35.5. The van der Waals surface area contributed by atoms with Crippen molar-refractivity contribution < 1.29 is 14.6 Å². The molecule has 1 aliphatic heterocycles. The highest BCUT2D eigenvalue weighted by Crippen LogP contribution is 2.30. The molecule has 144 valence electrons. The third-order valence-electron chi connectivity index (χ3n) is 5.05. The molecular formula is C21H25ClN2O3. The third-order valence-corrected chi connectivity index (χ3v) is 5.30. The Morgan fingerprint density at radius 1 is 1.26 bits per heavy atom. The predicted molar refractivity (Wildman–Crippen MR) is 105 cm³/mol. The Morgan fingerprint density at radius 3 is 2.52 bits per heavy atom. The number of carbonyl (C=O) groups is 1. The van der Waals surface area contributed by atoms with E-state index in [0.717, 1.165) is 37.2 Å². The number of aliphatic carboxylic acids is 1. The van der Waals surface area contributed by atoms with E-state index in [2.05, 4.69) is 4.98 Å². The number of benzene rings is 1. The molecule has 0 bridgehead atoms. The van der Waals surface area contributed by atoms with Gasteiger partial charge in [0.25, 0.3) is 0 Å². The number of piperidine rings is 1. The zero-order chi connectivity index (χ0) is 19.2. The number of ether oxygens (including phenoxy) is 1. The highest BCUT2D eigenvalue weighted by Gasteiger charge is 2.30. The van der Waals surface area contributed by atoms with Crippen molar-refractivity contribution in [2.75, 3.05) is 13.1 Å². The van der Waals surface area contributed by atoms with E-state index in [1.807, 2.05) is 54.3 Å². The molecule has 1 unspecified atom stereocenters. The van der Waals surface area contributed by atoms with Crippen molar-refractivity contribution in [2.24, 2.45) is 0 Å². The van der Waals surface area contributed by atoms with Gasteiger partial charge in [-0.05, 0) is 49.1 Å². The van der Waals surface area contributed by atoms with E-state index in [1.165, 1.54) is 0 Å². The number of halogens is 1. The Kier molecular flexibility index (Phi) is 6.83. The second-order valence-electron chi connectivity index (χ2n) is 6.82. The number of pyridine rings is 1. The molecule has 0 saturated carbocycles. The maximum Gasteiger partial charge on any atom is 0.320 e. The monoisotopic (exact) mass is 388 g/mol. The summed E-state index contributed by atoms with van der Waals surface area (Å²) in [5.41, 5.74) is 1.87. The molecule has 5 nitrogen and oxygen atoms in total. The lowest BCUT2D eigenvalue weighted by atomic mass is 10.0. The van der Waals surface area contributed by atoms with Gasteiger partial charge in [0.2, 0.25) is 0 Å². The first-order valence-corrected chi connectivity index (χ1v) is 9.75. The van der Waals surface area contributed by atoms with E-state index >= 15 is 0 Å². The molecule has 27 heavy (non-hydrogen) atoms. The first-order valence-electron chi connectivity index (χ1n) is 9.37. The molecule has 0 aliphatic carbocycles. The van der Waals surface area contributed by atoms with Crippen LogP contribution in [0.15, 0.2) is 48.7 Å². The number of nitrogens with zero attached hydrogens (tertiary/aromatic N) is 2. The van der Waals surface area contributed by atoms with Gasteiger partial charge in [0, 0.05) is 24.3 Å². The van der Waals surface area contributed by atoms with E-state index in [1.54, 1.807) is 6.20 Å². The maximum atomic E-state index is 11.4. The fraction of sp³-hybridized carbons (Fsp3) is 0.429. The average Bonchev–Trinajstić information content (AvgIpc) is 2.69. The van der Waals surface area contributed by atoms with Gasteiger partial charge in [-0.25, -0.2) is 0 Å². The fourth-order valence-electron chi connectivity index (χ4n) is 3.59. The molecule has 1 aromatic heterocycles. The van der Waals surface area contributed by atoms with Crippen LogP contribution >= 0.6 is 11.6 Å². The number of aromatic nitrogens is 1. The van der Waals surface area contributed by atoms with Crippen LogP contribution in [-0.2, 0) is 9.53 Å². The minimum absolute atomic E-state index is 0.0650. The van der Waals surface area contributed by atoms with Gasteiger partial charge in [0.05, 0.1) is 11.8 Å². The number of likely N-dealkylation sites (tertiary alicyclic amines) is 1. The molecular weight excluding hydrogens is 364 g/mol. The van der Waals surface area contributed by atoms with Gasteiger partial charge in [-0.2, -0.15) is 0 Å². The molecule has 1 N–H and O–H groups in total. The van der Waals surface area contributed by atoms with E-state index in [9.17, 15) is 9.90 Å². The Hall–Kier alpha value is -1.95. The van der Waals surface area contributed by atoms with Crippen molar-refractivity contribution in [1.82, 2.24) is 9.88 Å². The second-order valence-corrected chi connectivity index (χ2v) is 7.26. The Bertz CT molecular complexity index is 731. The van der Waals surface area contributed by atoms with Gasteiger partial charge < -0.3 is 9.84 Å². The summed E-state index contributed by atoms with van der Waals surface area (Å²) in [6, 6.07) is 13.0. The Morgan fingerprint density at radius 2 is 1.96 bits per heavy atom. The van der Waals surface area contributed by atoms with Crippen LogP contribution in [0.3, 0.4) is 0 Å². The molecule has 0 radical (unpaired) electrons. The minimum Gasteiger partial charge on any atom is -0.480 e. The van der Waals surface area contributed by atoms with Crippen LogP contribution in [0.25, 0.3) is 0 Å². The van der Waals surface area contributed by atoms with Gasteiger partial charge in [-0.3, -0.25) is 14.7 Å². The Labute approximate surface area is 164 Å². The second kappa shape index (κ2) is 9.31. The summed E-state index contributed by atoms with van der Waals surface area (Å²) in [5, 5.41) is 10.1. The lowest BCUT2D eigenvalue weighted by Gasteiger charge is -2.36. The quantitative estimate of drug-likeness (QED) is 0.771. The summed E-state index contributed by atoms with van der Waals surface area (Å²) in [6.07, 6.45) is 3.80. The zero-order valence-electron chi connectivity index (χ0n) is 15.4. The van der Waals surface area contributed by atoms with Crippen molar-refractivity contribution >= 4 is 17.6 Å². The smallest absolute Gasteiger partial charge is 0.320 e. The van der Waals surface area contributed by atoms with Crippen molar-refractivity contribution in [3.63, 3.8) is 0 Å². The predicted octanol–water partition coefficient (Wildman–Crippen LogP) is 4.17. The SMILES string of the molecule is CCC(C(=O)O)N1CCC(O[C@@H](c2ccc(Cl)cc2)c2ccccn2)CC1. The van der Waals surface area contributed by atoms with Gasteiger partial charge in [-0.1, -0.05) is 36.7 Å². The highest BCUT2D eigenvalue weighted by molar-refractivity contribution is 6.30. The first-order chi connectivity index (χ1) is 13.1. The molecule has 2 heterocycles. The molecule has 1 aromatic carbocycles. The summed E-state index contributed by atoms with van der Waals surface area (Å²) in [7, 11) is 0. The molecule has 0 amide bonds. The van der Waals surface area contributed by atoms with E-state index in [4.69, 9.17) is 16.3 Å². The summed E-state index contributed by atoms with van der Waals surface area (Å²) < 4.78 is 6.45. The van der Waals surface area contributed by atoms with Crippen LogP contribution in [0.2, 0.25) is 5.02 Å². The van der Waals surface area contributed by atoms with Gasteiger partial charge in [0.15, 0.2) is 0 Å². The number of hydrogen-bond donors (Lipinski definition) is 1. The third kappa shape index (κ3) is 5.06. The van der Waals surface area contributed by atoms with Crippen molar-refractivity contribution in [3.05, 3.63) is 64.9 Å². The molecule has 1 fully saturated rings. The van der Waals surface area contributed by atoms with Crippen molar-refractivity contribution in [3.8, 4) is 0 Å². The van der Waals surface area contributed by atoms with E-state index in [0.29, 0.717) is 11.4 Å². The molecule has 0 spiro atoms. The lowest BCUT2D eigenvalue weighted by Crippen LogP contribution is -2.47. The fourth-order valence-corrected chi connectivity index (χ4v) is 3.72.